The van der Waals surface area contributed by atoms with Crippen LogP contribution in [0.5, 0.6) is 5.75 Å². The molecule has 2 N–H and O–H groups in total. The van der Waals surface area contributed by atoms with Crippen LogP contribution in [0, 0.1) is 5.82 Å². The van der Waals surface area contributed by atoms with Gasteiger partial charge in [-0.3, -0.25) is 9.59 Å². The Morgan fingerprint density at radius 2 is 2.00 bits per heavy atom. The molecule has 0 bridgehead atoms. The molecule has 0 aliphatic rings. The highest BCUT2D eigenvalue weighted by Gasteiger charge is 2.08. The number of rotatable bonds is 7. The van der Waals surface area contributed by atoms with Crippen LogP contribution in [0.1, 0.15) is 25.7 Å². The fourth-order valence-corrected chi connectivity index (χ4v) is 1.54. The number of carbonyl (C=O) groups excluding carboxylic acids is 1. The highest BCUT2D eigenvalue weighted by molar-refractivity contribution is 5.92. The summed E-state index contributed by atoms with van der Waals surface area (Å²) in [6.45, 7) is 0. The van der Waals surface area contributed by atoms with Crippen molar-refractivity contribution in [3.8, 4) is 5.75 Å². The minimum atomic E-state index is -0.874. The smallest absolute Gasteiger partial charge is 0.303 e. The van der Waals surface area contributed by atoms with Crippen LogP contribution < -0.4 is 10.1 Å². The Morgan fingerprint density at radius 1 is 1.32 bits per heavy atom. The van der Waals surface area contributed by atoms with E-state index in [1.807, 2.05) is 0 Å². The van der Waals surface area contributed by atoms with Gasteiger partial charge in [0.1, 0.15) is 11.6 Å². The number of ether oxygens (including phenoxy) is 1. The van der Waals surface area contributed by atoms with Crippen molar-refractivity contribution in [3.63, 3.8) is 0 Å². The van der Waals surface area contributed by atoms with Crippen molar-refractivity contribution < 1.29 is 23.8 Å². The van der Waals surface area contributed by atoms with E-state index in [9.17, 15) is 14.0 Å². The van der Waals surface area contributed by atoms with E-state index in [0.29, 0.717) is 18.5 Å². The number of aliphatic carboxylic acids is 1. The predicted molar refractivity (Wildman–Crippen MR) is 67.7 cm³/mol. The number of hydrogen-bond acceptors (Lipinski definition) is 3. The molecule has 0 aromatic heterocycles. The number of benzene rings is 1. The van der Waals surface area contributed by atoms with Gasteiger partial charge in [-0.05, 0) is 25.0 Å². The summed E-state index contributed by atoms with van der Waals surface area (Å²) in [5, 5.41) is 11.1. The molecule has 104 valence electrons. The van der Waals surface area contributed by atoms with Crippen LogP contribution in [0.4, 0.5) is 10.1 Å². The molecule has 0 spiro atoms. The van der Waals surface area contributed by atoms with Crippen LogP contribution in [0.15, 0.2) is 18.2 Å². The maximum atomic E-state index is 12.9. The lowest BCUT2D eigenvalue weighted by atomic mass is 10.2. The maximum Gasteiger partial charge on any atom is 0.303 e. The third kappa shape index (κ3) is 5.37. The molecule has 0 radical (unpaired) electrons. The number of unbranched alkanes of at least 4 members (excludes halogenated alkanes) is 1. The number of carbonyl (C=O) groups is 2. The summed E-state index contributed by atoms with van der Waals surface area (Å²) in [6, 6.07) is 3.83. The van der Waals surface area contributed by atoms with Crippen molar-refractivity contribution in [2.75, 3.05) is 12.4 Å². The Bertz CT molecular complexity index is 462. The lowest BCUT2D eigenvalue weighted by Gasteiger charge is -2.09. The molecule has 0 aliphatic carbocycles. The van der Waals surface area contributed by atoms with Gasteiger partial charge in [-0.15, -0.1) is 0 Å². The second-order valence-corrected chi connectivity index (χ2v) is 3.99. The van der Waals surface area contributed by atoms with E-state index in [-0.39, 0.29) is 24.5 Å². The molecule has 0 saturated carbocycles. The predicted octanol–water partition coefficient (Wildman–Crippen LogP) is 2.42. The van der Waals surface area contributed by atoms with E-state index in [2.05, 4.69) is 5.32 Å². The number of carboxylic acid groups (broad SMARTS) is 1. The van der Waals surface area contributed by atoms with Gasteiger partial charge in [-0.25, -0.2) is 4.39 Å². The molecule has 0 aliphatic heterocycles. The van der Waals surface area contributed by atoms with Crippen LogP contribution in [-0.4, -0.2) is 24.1 Å². The molecule has 1 rings (SSSR count). The second-order valence-electron chi connectivity index (χ2n) is 3.99. The quantitative estimate of drug-likeness (QED) is 0.745. The number of amides is 1. The molecule has 0 saturated heterocycles. The standard InChI is InChI=1S/C13H16FNO4/c1-19-11-8-9(14)6-7-10(11)15-12(16)4-2-3-5-13(17)18/h6-8H,2-5H2,1H3,(H,15,16)(H,17,18). The Labute approximate surface area is 110 Å². The topological polar surface area (TPSA) is 75.6 Å². The highest BCUT2D eigenvalue weighted by atomic mass is 19.1. The number of halogens is 1. The van der Waals surface area contributed by atoms with Gasteiger partial charge in [0.15, 0.2) is 0 Å². The van der Waals surface area contributed by atoms with Crippen LogP contribution in [0.25, 0.3) is 0 Å². The van der Waals surface area contributed by atoms with E-state index in [0.717, 1.165) is 0 Å². The third-order valence-corrected chi connectivity index (χ3v) is 2.48. The summed E-state index contributed by atoms with van der Waals surface area (Å²) in [5.74, 6) is -1.33. The van der Waals surface area contributed by atoms with Gasteiger partial charge >= 0.3 is 5.97 Å². The van der Waals surface area contributed by atoms with Crippen molar-refractivity contribution in [1.82, 2.24) is 0 Å². The largest absolute Gasteiger partial charge is 0.494 e. The Kier molecular flexibility index (Phi) is 5.78. The third-order valence-electron chi connectivity index (χ3n) is 2.48. The van der Waals surface area contributed by atoms with E-state index < -0.39 is 11.8 Å². The van der Waals surface area contributed by atoms with E-state index in [4.69, 9.17) is 9.84 Å². The van der Waals surface area contributed by atoms with Crippen molar-refractivity contribution >= 4 is 17.6 Å². The molecule has 0 unspecified atom stereocenters. The van der Waals surface area contributed by atoms with Crippen molar-refractivity contribution in [1.29, 1.82) is 0 Å². The van der Waals surface area contributed by atoms with Gasteiger partial charge in [0, 0.05) is 18.9 Å². The molecular weight excluding hydrogens is 253 g/mol. The molecule has 1 aromatic carbocycles. The fourth-order valence-electron chi connectivity index (χ4n) is 1.54. The first kappa shape index (κ1) is 14.9. The normalized spacial score (nSPS) is 10.0. The van der Waals surface area contributed by atoms with Crippen LogP contribution in [0.3, 0.4) is 0 Å². The lowest BCUT2D eigenvalue weighted by molar-refractivity contribution is -0.137. The molecule has 0 heterocycles. The number of hydrogen-bond donors (Lipinski definition) is 2. The summed E-state index contributed by atoms with van der Waals surface area (Å²) in [7, 11) is 1.39. The van der Waals surface area contributed by atoms with Gasteiger partial charge in [-0.2, -0.15) is 0 Å². The molecule has 6 heteroatoms. The van der Waals surface area contributed by atoms with Gasteiger partial charge in [0.2, 0.25) is 5.91 Å². The minimum absolute atomic E-state index is 0.0488. The summed E-state index contributed by atoms with van der Waals surface area (Å²) < 4.78 is 17.9. The Hall–Kier alpha value is -2.11. The number of methoxy groups -OCH3 is 1. The molecule has 0 fully saturated rings. The SMILES string of the molecule is COc1cc(F)ccc1NC(=O)CCCCC(=O)O. The van der Waals surface area contributed by atoms with Crippen LogP contribution in [0.2, 0.25) is 0 Å². The van der Waals surface area contributed by atoms with E-state index >= 15 is 0 Å². The van der Waals surface area contributed by atoms with Crippen molar-refractivity contribution in [3.05, 3.63) is 24.0 Å². The first-order valence-corrected chi connectivity index (χ1v) is 5.88. The zero-order valence-electron chi connectivity index (χ0n) is 10.6. The summed E-state index contributed by atoms with van der Waals surface area (Å²) in [6.07, 6.45) is 1.20. The number of carboxylic acids is 1. The first-order chi connectivity index (χ1) is 9.02. The molecule has 1 amide bonds. The molecule has 19 heavy (non-hydrogen) atoms. The Morgan fingerprint density at radius 3 is 2.63 bits per heavy atom. The Balaban J connectivity index is 2.46. The zero-order valence-corrected chi connectivity index (χ0v) is 10.6. The minimum Gasteiger partial charge on any atom is -0.494 e. The first-order valence-electron chi connectivity index (χ1n) is 5.88. The molecular formula is C13H16FNO4. The average Bonchev–Trinajstić information content (AvgIpc) is 2.36. The van der Waals surface area contributed by atoms with Crippen LogP contribution in [-0.2, 0) is 9.59 Å². The summed E-state index contributed by atoms with van der Waals surface area (Å²) in [4.78, 5) is 21.9. The monoisotopic (exact) mass is 269 g/mol. The zero-order chi connectivity index (χ0) is 14.3. The maximum absolute atomic E-state index is 12.9. The molecule has 5 nitrogen and oxygen atoms in total. The van der Waals surface area contributed by atoms with Gasteiger partial charge < -0.3 is 15.2 Å². The lowest BCUT2D eigenvalue weighted by Crippen LogP contribution is -2.12. The second kappa shape index (κ2) is 7.35. The highest BCUT2D eigenvalue weighted by Crippen LogP contribution is 2.25. The number of nitrogens with one attached hydrogen (secondary N) is 1. The van der Waals surface area contributed by atoms with Gasteiger partial charge in [0.25, 0.3) is 0 Å². The van der Waals surface area contributed by atoms with Crippen molar-refractivity contribution in [2.45, 2.75) is 25.7 Å². The van der Waals surface area contributed by atoms with Crippen molar-refractivity contribution in [2.24, 2.45) is 0 Å². The van der Waals surface area contributed by atoms with Gasteiger partial charge in [-0.1, -0.05) is 0 Å². The molecule has 1 aromatic rings. The van der Waals surface area contributed by atoms with E-state index in [1.165, 1.54) is 25.3 Å². The fraction of sp³-hybridized carbons (Fsp3) is 0.385. The summed E-state index contributed by atoms with van der Waals surface area (Å²) in [5.41, 5.74) is 0.395. The number of anilines is 1. The molecule has 0 atom stereocenters. The average molecular weight is 269 g/mol. The van der Waals surface area contributed by atoms with E-state index in [1.54, 1.807) is 0 Å². The van der Waals surface area contributed by atoms with Gasteiger partial charge in [0.05, 0.1) is 12.8 Å². The van der Waals surface area contributed by atoms with Crippen LogP contribution >= 0.6 is 0 Å². The summed E-state index contributed by atoms with van der Waals surface area (Å²) >= 11 is 0.